The van der Waals surface area contributed by atoms with Gasteiger partial charge in [0.15, 0.2) is 0 Å². The zero-order chi connectivity index (χ0) is 13.8. The molecule has 1 aromatic carbocycles. The van der Waals surface area contributed by atoms with Crippen LogP contribution in [0.3, 0.4) is 0 Å². The van der Waals surface area contributed by atoms with Crippen molar-refractivity contribution in [3.63, 3.8) is 0 Å². The van der Waals surface area contributed by atoms with Crippen LogP contribution in [0, 0.1) is 11.6 Å². The first kappa shape index (κ1) is 13.1. The van der Waals surface area contributed by atoms with Crippen LogP contribution in [-0.2, 0) is 11.3 Å². The lowest BCUT2D eigenvalue weighted by molar-refractivity contribution is 0.0595. The van der Waals surface area contributed by atoms with Crippen molar-refractivity contribution >= 4 is 11.7 Å². The number of carbonyl (C=O) groups is 1. The summed E-state index contributed by atoms with van der Waals surface area (Å²) in [5, 5.41) is 2.79. The van der Waals surface area contributed by atoms with E-state index in [2.05, 4.69) is 15.0 Å². The molecule has 0 unspecified atom stereocenters. The summed E-state index contributed by atoms with van der Waals surface area (Å²) in [5.74, 6) is -2.56. The molecule has 19 heavy (non-hydrogen) atoms. The molecule has 1 heterocycles. The molecule has 0 saturated heterocycles. The highest BCUT2D eigenvalue weighted by molar-refractivity contribution is 5.90. The molecule has 6 heteroatoms. The van der Waals surface area contributed by atoms with Gasteiger partial charge in [-0.25, -0.2) is 13.6 Å². The van der Waals surface area contributed by atoms with Crippen molar-refractivity contribution in [1.29, 1.82) is 0 Å². The standard InChI is InChI=1S/C13H12F2N2O2/c1-19-13(18)9-4-12(11(15)5-10(9)14)17-7-8-2-3-16-6-8/h2-6,16-17H,7H2,1H3. The van der Waals surface area contributed by atoms with Crippen molar-refractivity contribution in [2.45, 2.75) is 6.54 Å². The molecule has 0 radical (unpaired) electrons. The first-order chi connectivity index (χ1) is 9.11. The van der Waals surface area contributed by atoms with Crippen LogP contribution in [0.4, 0.5) is 14.5 Å². The Balaban J connectivity index is 2.22. The molecule has 0 saturated carbocycles. The third kappa shape index (κ3) is 2.90. The summed E-state index contributed by atoms with van der Waals surface area (Å²) in [7, 11) is 1.14. The van der Waals surface area contributed by atoms with E-state index in [1.54, 1.807) is 12.4 Å². The van der Waals surface area contributed by atoms with Gasteiger partial charge in [0, 0.05) is 25.0 Å². The third-order valence-corrected chi connectivity index (χ3v) is 2.61. The lowest BCUT2D eigenvalue weighted by Gasteiger charge is -2.09. The van der Waals surface area contributed by atoms with Crippen molar-refractivity contribution in [1.82, 2.24) is 4.98 Å². The van der Waals surface area contributed by atoms with E-state index in [0.717, 1.165) is 18.7 Å². The fourth-order valence-corrected chi connectivity index (χ4v) is 1.62. The first-order valence-corrected chi connectivity index (χ1v) is 5.54. The summed E-state index contributed by atoms with van der Waals surface area (Å²) >= 11 is 0. The highest BCUT2D eigenvalue weighted by Crippen LogP contribution is 2.21. The van der Waals surface area contributed by atoms with Crippen LogP contribution in [0.5, 0.6) is 0 Å². The van der Waals surface area contributed by atoms with E-state index < -0.39 is 17.6 Å². The lowest BCUT2D eigenvalue weighted by Crippen LogP contribution is -2.08. The van der Waals surface area contributed by atoms with Crippen molar-refractivity contribution in [2.24, 2.45) is 0 Å². The van der Waals surface area contributed by atoms with E-state index in [-0.39, 0.29) is 11.3 Å². The van der Waals surface area contributed by atoms with Crippen LogP contribution in [0.25, 0.3) is 0 Å². The Hall–Kier alpha value is -2.37. The van der Waals surface area contributed by atoms with Crippen LogP contribution in [-0.4, -0.2) is 18.1 Å². The Kier molecular flexibility index (Phi) is 3.79. The quantitative estimate of drug-likeness (QED) is 0.836. The zero-order valence-electron chi connectivity index (χ0n) is 10.2. The molecule has 0 aliphatic heterocycles. The van der Waals surface area contributed by atoms with E-state index in [0.29, 0.717) is 12.6 Å². The summed E-state index contributed by atoms with van der Waals surface area (Å²) in [4.78, 5) is 14.2. The average molecular weight is 266 g/mol. The molecular weight excluding hydrogens is 254 g/mol. The number of hydrogen-bond acceptors (Lipinski definition) is 3. The summed E-state index contributed by atoms with van der Waals surface area (Å²) in [6.45, 7) is 0.354. The number of ether oxygens (including phenoxy) is 1. The van der Waals surface area contributed by atoms with Gasteiger partial charge in [-0.15, -0.1) is 0 Å². The number of esters is 1. The number of hydrogen-bond donors (Lipinski definition) is 2. The minimum atomic E-state index is -0.948. The molecule has 2 rings (SSSR count). The maximum Gasteiger partial charge on any atom is 0.340 e. The number of methoxy groups -OCH3 is 1. The minimum absolute atomic E-state index is 0.0444. The number of H-pyrrole nitrogens is 1. The fraction of sp³-hybridized carbons (Fsp3) is 0.154. The van der Waals surface area contributed by atoms with Crippen LogP contribution < -0.4 is 5.32 Å². The van der Waals surface area contributed by atoms with Crippen LogP contribution in [0.15, 0.2) is 30.6 Å². The molecule has 1 aromatic heterocycles. The van der Waals surface area contributed by atoms with Crippen molar-refractivity contribution in [3.05, 3.63) is 53.4 Å². The molecule has 2 N–H and O–H groups in total. The number of benzene rings is 1. The van der Waals surface area contributed by atoms with Crippen molar-refractivity contribution in [2.75, 3.05) is 12.4 Å². The van der Waals surface area contributed by atoms with E-state index in [1.807, 2.05) is 6.07 Å². The zero-order valence-corrected chi connectivity index (χ0v) is 10.2. The average Bonchev–Trinajstić information content (AvgIpc) is 2.90. The molecule has 0 amide bonds. The summed E-state index contributed by atoms with van der Waals surface area (Å²) in [6, 6.07) is 3.57. The maximum atomic E-state index is 13.6. The van der Waals surface area contributed by atoms with Gasteiger partial charge in [-0.2, -0.15) is 0 Å². The van der Waals surface area contributed by atoms with Gasteiger partial charge in [0.2, 0.25) is 0 Å². The number of nitrogens with one attached hydrogen (secondary N) is 2. The fourth-order valence-electron chi connectivity index (χ4n) is 1.62. The number of anilines is 1. The highest BCUT2D eigenvalue weighted by atomic mass is 19.1. The topological polar surface area (TPSA) is 54.1 Å². The molecule has 0 fully saturated rings. The van der Waals surface area contributed by atoms with E-state index in [1.165, 1.54) is 0 Å². The summed E-state index contributed by atoms with van der Waals surface area (Å²) < 4.78 is 31.4. The van der Waals surface area contributed by atoms with Crippen LogP contribution in [0.1, 0.15) is 15.9 Å². The van der Waals surface area contributed by atoms with Gasteiger partial charge in [0.1, 0.15) is 11.6 Å². The monoisotopic (exact) mass is 266 g/mol. The van der Waals surface area contributed by atoms with Gasteiger partial charge in [-0.1, -0.05) is 0 Å². The number of rotatable bonds is 4. The molecule has 0 atom stereocenters. The van der Waals surface area contributed by atoms with E-state index in [9.17, 15) is 13.6 Å². The maximum absolute atomic E-state index is 13.6. The van der Waals surface area contributed by atoms with Crippen LogP contribution >= 0.6 is 0 Å². The summed E-state index contributed by atoms with van der Waals surface area (Å²) in [5.41, 5.74) is 0.645. The Morgan fingerprint density at radius 3 is 2.79 bits per heavy atom. The Labute approximate surface area is 108 Å². The van der Waals surface area contributed by atoms with Gasteiger partial charge in [-0.05, 0) is 17.7 Å². The minimum Gasteiger partial charge on any atom is -0.465 e. The number of aromatic nitrogens is 1. The molecule has 0 spiro atoms. The molecule has 0 aliphatic carbocycles. The Bertz CT molecular complexity index is 583. The predicted octanol–water partition coefficient (Wildman–Crippen LogP) is 2.69. The van der Waals surface area contributed by atoms with Crippen LogP contribution in [0.2, 0.25) is 0 Å². The second-order valence-electron chi connectivity index (χ2n) is 3.88. The molecule has 2 aromatic rings. The molecule has 4 nitrogen and oxygen atoms in total. The van der Waals surface area contributed by atoms with Gasteiger partial charge >= 0.3 is 5.97 Å². The van der Waals surface area contributed by atoms with Gasteiger partial charge in [0.05, 0.1) is 18.4 Å². The second-order valence-corrected chi connectivity index (χ2v) is 3.88. The molecule has 0 bridgehead atoms. The summed E-state index contributed by atoms with van der Waals surface area (Å²) in [6.07, 6.45) is 3.48. The number of halogens is 2. The van der Waals surface area contributed by atoms with Crippen molar-refractivity contribution in [3.8, 4) is 0 Å². The predicted molar refractivity (Wildman–Crippen MR) is 65.8 cm³/mol. The van der Waals surface area contributed by atoms with Crippen molar-refractivity contribution < 1.29 is 18.3 Å². The third-order valence-electron chi connectivity index (χ3n) is 2.61. The van der Waals surface area contributed by atoms with E-state index >= 15 is 0 Å². The molecule has 0 aliphatic rings. The molecule has 100 valence electrons. The number of aromatic amines is 1. The van der Waals surface area contributed by atoms with Gasteiger partial charge in [0.25, 0.3) is 0 Å². The van der Waals surface area contributed by atoms with Gasteiger partial charge in [-0.3, -0.25) is 0 Å². The lowest BCUT2D eigenvalue weighted by atomic mass is 10.1. The number of carbonyl (C=O) groups excluding carboxylic acids is 1. The Morgan fingerprint density at radius 1 is 1.37 bits per heavy atom. The highest BCUT2D eigenvalue weighted by Gasteiger charge is 2.16. The second kappa shape index (κ2) is 5.51. The molecular formula is C13H12F2N2O2. The smallest absolute Gasteiger partial charge is 0.340 e. The largest absolute Gasteiger partial charge is 0.465 e. The Morgan fingerprint density at radius 2 is 2.16 bits per heavy atom. The first-order valence-electron chi connectivity index (χ1n) is 5.54. The van der Waals surface area contributed by atoms with E-state index in [4.69, 9.17) is 0 Å². The van der Waals surface area contributed by atoms with Gasteiger partial charge < -0.3 is 15.0 Å². The SMILES string of the molecule is COC(=O)c1cc(NCc2cc[nH]c2)c(F)cc1F. The normalized spacial score (nSPS) is 10.3.